The smallest absolute Gasteiger partial charge is 0.243 e. The molecule has 1 N–H and O–H groups in total. The Kier molecular flexibility index (Phi) is 9.92. The molecule has 0 aliphatic carbocycles. The number of amides is 2. The zero-order valence-electron chi connectivity index (χ0n) is 20.8. The first-order valence-corrected chi connectivity index (χ1v) is 12.6. The number of nitrogens with one attached hydrogen (secondary N) is 1. The quantitative estimate of drug-likeness (QED) is 0.358. The molecule has 35 heavy (non-hydrogen) atoms. The van der Waals surface area contributed by atoms with E-state index in [0.29, 0.717) is 36.9 Å². The van der Waals surface area contributed by atoms with Crippen molar-refractivity contribution in [1.29, 1.82) is 0 Å². The Bertz CT molecular complexity index is 1110. The van der Waals surface area contributed by atoms with Gasteiger partial charge in [-0.3, -0.25) is 9.59 Å². The van der Waals surface area contributed by atoms with Crippen LogP contribution in [0.3, 0.4) is 0 Å². The highest BCUT2D eigenvalue weighted by Gasteiger charge is 2.30. The number of benzene rings is 3. The average molecular weight is 491 g/mol. The van der Waals surface area contributed by atoms with Crippen molar-refractivity contribution in [3.8, 4) is 0 Å². The number of carbonyl (C=O) groups excluding carboxylic acids is 2. The minimum atomic E-state index is -0.615. The van der Waals surface area contributed by atoms with Crippen molar-refractivity contribution in [3.63, 3.8) is 0 Å². The van der Waals surface area contributed by atoms with Crippen LogP contribution in [0.1, 0.15) is 42.5 Å². The fourth-order valence-corrected chi connectivity index (χ4v) is 4.30. The number of hydrogen-bond acceptors (Lipinski definition) is 2. The monoisotopic (exact) mass is 490 g/mol. The van der Waals surface area contributed by atoms with Gasteiger partial charge in [-0.05, 0) is 42.0 Å². The van der Waals surface area contributed by atoms with E-state index < -0.39 is 6.04 Å². The number of aryl methyl sites for hydroxylation is 2. The van der Waals surface area contributed by atoms with E-state index in [4.69, 9.17) is 11.6 Å². The molecule has 3 aromatic rings. The number of hydrogen-bond donors (Lipinski definition) is 1. The van der Waals surface area contributed by atoms with E-state index in [1.54, 1.807) is 4.90 Å². The lowest BCUT2D eigenvalue weighted by atomic mass is 10.0. The molecule has 0 bridgehead atoms. The summed E-state index contributed by atoms with van der Waals surface area (Å²) in [4.78, 5) is 28.9. The van der Waals surface area contributed by atoms with Gasteiger partial charge in [0.15, 0.2) is 0 Å². The maximum absolute atomic E-state index is 13.7. The first kappa shape index (κ1) is 26.5. The predicted octanol–water partition coefficient (Wildman–Crippen LogP) is 5.99. The second-order valence-corrected chi connectivity index (χ2v) is 9.85. The Labute approximate surface area is 214 Å². The van der Waals surface area contributed by atoms with E-state index in [0.717, 1.165) is 22.3 Å². The molecule has 0 unspecified atom stereocenters. The fraction of sp³-hybridized carbons (Fsp3) is 0.333. The molecular formula is C30H35ClN2O2. The van der Waals surface area contributed by atoms with Gasteiger partial charge in [0.05, 0.1) is 0 Å². The van der Waals surface area contributed by atoms with E-state index in [1.807, 2.05) is 79.7 Å². The maximum Gasteiger partial charge on any atom is 0.243 e. The van der Waals surface area contributed by atoms with E-state index in [-0.39, 0.29) is 18.2 Å². The molecule has 0 aliphatic rings. The van der Waals surface area contributed by atoms with Crippen molar-refractivity contribution in [1.82, 2.24) is 10.2 Å². The molecule has 0 aromatic heterocycles. The molecule has 5 heteroatoms. The molecule has 184 valence electrons. The summed E-state index contributed by atoms with van der Waals surface area (Å²) in [6.07, 6.45) is 1.25. The predicted molar refractivity (Wildman–Crippen MR) is 143 cm³/mol. The van der Waals surface area contributed by atoms with Gasteiger partial charge in [-0.25, -0.2) is 0 Å². The maximum atomic E-state index is 13.7. The van der Waals surface area contributed by atoms with Crippen LogP contribution in [0.2, 0.25) is 5.02 Å². The van der Waals surface area contributed by atoms with Gasteiger partial charge < -0.3 is 10.2 Å². The van der Waals surface area contributed by atoms with Crippen LogP contribution in [0.25, 0.3) is 0 Å². The third-order valence-electron chi connectivity index (χ3n) is 5.96. The molecule has 3 rings (SSSR count). The molecule has 0 saturated carbocycles. The molecule has 0 aliphatic heterocycles. The Balaban J connectivity index is 1.91. The molecule has 1 atom stereocenters. The minimum absolute atomic E-state index is 0.0629. The van der Waals surface area contributed by atoms with Gasteiger partial charge in [0.25, 0.3) is 0 Å². The zero-order valence-corrected chi connectivity index (χ0v) is 21.6. The summed E-state index contributed by atoms with van der Waals surface area (Å²) in [6, 6.07) is 24.9. The second kappa shape index (κ2) is 13.1. The summed E-state index contributed by atoms with van der Waals surface area (Å²) in [5.41, 5.74) is 4.08. The summed E-state index contributed by atoms with van der Waals surface area (Å²) < 4.78 is 0. The van der Waals surface area contributed by atoms with Crippen LogP contribution in [-0.2, 0) is 29.0 Å². The zero-order chi connectivity index (χ0) is 25.2. The van der Waals surface area contributed by atoms with Crippen LogP contribution in [0.15, 0.2) is 78.9 Å². The summed E-state index contributed by atoms with van der Waals surface area (Å²) in [5, 5.41) is 3.72. The highest BCUT2D eigenvalue weighted by atomic mass is 35.5. The number of rotatable bonds is 11. The van der Waals surface area contributed by atoms with E-state index in [2.05, 4.69) is 25.2 Å². The van der Waals surface area contributed by atoms with E-state index in [9.17, 15) is 9.59 Å². The Morgan fingerprint density at radius 1 is 0.914 bits per heavy atom. The second-order valence-electron chi connectivity index (χ2n) is 9.45. The van der Waals surface area contributed by atoms with Gasteiger partial charge in [0.2, 0.25) is 11.8 Å². The first-order chi connectivity index (χ1) is 16.8. The van der Waals surface area contributed by atoms with Crippen molar-refractivity contribution in [2.45, 2.75) is 52.6 Å². The lowest BCUT2D eigenvalue weighted by Crippen LogP contribution is -2.51. The van der Waals surface area contributed by atoms with Crippen LogP contribution in [0, 0.1) is 12.8 Å². The summed E-state index contributed by atoms with van der Waals surface area (Å²) in [5.74, 6) is 0.130. The van der Waals surface area contributed by atoms with Crippen LogP contribution in [-0.4, -0.2) is 29.3 Å². The van der Waals surface area contributed by atoms with Crippen molar-refractivity contribution < 1.29 is 9.59 Å². The molecule has 0 fully saturated rings. The highest BCUT2D eigenvalue weighted by molar-refractivity contribution is 6.31. The third kappa shape index (κ3) is 8.25. The number of nitrogens with zero attached hydrogens (tertiary/aromatic N) is 1. The molecule has 3 aromatic carbocycles. The molecule has 0 heterocycles. The normalized spacial score (nSPS) is 11.8. The van der Waals surface area contributed by atoms with Crippen LogP contribution in [0.4, 0.5) is 0 Å². The minimum Gasteiger partial charge on any atom is -0.354 e. The topological polar surface area (TPSA) is 49.4 Å². The lowest BCUT2D eigenvalue weighted by molar-refractivity contribution is -0.141. The van der Waals surface area contributed by atoms with Gasteiger partial charge in [-0.2, -0.15) is 0 Å². The SMILES string of the molecule is Cc1cccc(CN(C(=O)CCc2ccccc2Cl)[C@@H](Cc2ccccc2)C(=O)NCC(C)C)c1. The van der Waals surface area contributed by atoms with Gasteiger partial charge in [-0.1, -0.05) is 104 Å². The van der Waals surface area contributed by atoms with Crippen LogP contribution < -0.4 is 5.32 Å². The Hall–Kier alpha value is -3.11. The third-order valence-corrected chi connectivity index (χ3v) is 6.33. The fourth-order valence-electron chi connectivity index (χ4n) is 4.07. The molecule has 2 amide bonds. The summed E-state index contributed by atoms with van der Waals surface area (Å²) >= 11 is 6.34. The lowest BCUT2D eigenvalue weighted by Gasteiger charge is -2.32. The number of halogens is 1. The molecule has 4 nitrogen and oxygen atoms in total. The standard InChI is InChI=1S/C30H35ClN2O2/c1-22(2)20-32-30(35)28(19-24-11-5-4-6-12-24)33(21-25-13-9-10-23(3)18-25)29(34)17-16-26-14-7-8-15-27(26)31/h4-15,18,22,28H,16-17,19-21H2,1-3H3,(H,32,35)/t28-/m0/s1. The molecule has 0 saturated heterocycles. The van der Waals surface area contributed by atoms with E-state index >= 15 is 0 Å². The van der Waals surface area contributed by atoms with Gasteiger partial charge >= 0.3 is 0 Å². The Morgan fingerprint density at radius 2 is 1.60 bits per heavy atom. The van der Waals surface area contributed by atoms with Crippen LogP contribution >= 0.6 is 11.6 Å². The molecular weight excluding hydrogens is 456 g/mol. The van der Waals surface area contributed by atoms with Gasteiger partial charge in [0, 0.05) is 31.0 Å². The molecule has 0 spiro atoms. The van der Waals surface area contributed by atoms with Gasteiger partial charge in [-0.15, -0.1) is 0 Å². The summed E-state index contributed by atoms with van der Waals surface area (Å²) in [7, 11) is 0. The average Bonchev–Trinajstić information content (AvgIpc) is 2.84. The van der Waals surface area contributed by atoms with Crippen molar-refractivity contribution in [3.05, 3.63) is 106 Å². The largest absolute Gasteiger partial charge is 0.354 e. The van der Waals surface area contributed by atoms with Crippen molar-refractivity contribution >= 4 is 23.4 Å². The summed E-state index contributed by atoms with van der Waals surface area (Å²) in [6.45, 7) is 7.09. The highest BCUT2D eigenvalue weighted by Crippen LogP contribution is 2.20. The Morgan fingerprint density at radius 3 is 2.29 bits per heavy atom. The van der Waals surface area contributed by atoms with Crippen molar-refractivity contribution in [2.24, 2.45) is 5.92 Å². The van der Waals surface area contributed by atoms with Gasteiger partial charge in [0.1, 0.15) is 6.04 Å². The van der Waals surface area contributed by atoms with Crippen LogP contribution in [0.5, 0.6) is 0 Å². The van der Waals surface area contributed by atoms with E-state index in [1.165, 1.54) is 0 Å². The first-order valence-electron chi connectivity index (χ1n) is 12.2. The van der Waals surface area contributed by atoms with Crippen molar-refractivity contribution in [2.75, 3.05) is 6.54 Å². The molecule has 0 radical (unpaired) electrons. The number of carbonyl (C=O) groups is 2.